The van der Waals surface area contributed by atoms with Gasteiger partial charge in [-0.25, -0.2) is 4.79 Å². The third-order valence-electron chi connectivity index (χ3n) is 7.14. The van der Waals surface area contributed by atoms with Gasteiger partial charge < -0.3 is 25.2 Å². The monoisotopic (exact) mass is 480 g/mol. The second-order valence-corrected chi connectivity index (χ2v) is 9.59. The highest BCUT2D eigenvalue weighted by Crippen LogP contribution is 2.44. The van der Waals surface area contributed by atoms with Crippen LogP contribution < -0.4 is 10.6 Å². The lowest BCUT2D eigenvalue weighted by Gasteiger charge is -2.26. The van der Waals surface area contributed by atoms with Crippen LogP contribution in [0.4, 0.5) is 4.79 Å². The van der Waals surface area contributed by atoms with E-state index in [0.717, 1.165) is 11.1 Å². The summed E-state index contributed by atoms with van der Waals surface area (Å²) in [5, 5.41) is 15.0. The van der Waals surface area contributed by atoms with Gasteiger partial charge in [0.15, 0.2) is 0 Å². The summed E-state index contributed by atoms with van der Waals surface area (Å²) in [6, 6.07) is 15.8. The molecule has 2 aromatic carbocycles. The van der Waals surface area contributed by atoms with Crippen LogP contribution in [0.3, 0.4) is 0 Å². The Bertz CT molecular complexity index is 1060. The Kier molecular flexibility index (Phi) is 7.40. The third kappa shape index (κ3) is 5.17. The normalized spacial score (nSPS) is 21.6. The maximum atomic E-state index is 12.5. The standard InChI is InChI=1S/C27H32N2O6/c1-17(24(30)29-23-15-34-16-27(23,2)25(31)32)8-7-13-28-26(33)35-14-22-20-11-5-3-9-18(20)19-10-4-6-12-21(19)22/h3-6,9-12,17,22-23H,7-8,13-16H2,1-2H3,(H,28,33)(H,29,30)(H,31,32). The molecule has 0 radical (unpaired) electrons. The average Bonchev–Trinajstić information content (AvgIpc) is 3.39. The van der Waals surface area contributed by atoms with Crippen LogP contribution >= 0.6 is 0 Å². The maximum Gasteiger partial charge on any atom is 0.407 e. The van der Waals surface area contributed by atoms with Gasteiger partial charge in [0, 0.05) is 18.4 Å². The molecule has 2 aromatic rings. The van der Waals surface area contributed by atoms with E-state index in [9.17, 15) is 19.5 Å². The summed E-state index contributed by atoms with van der Waals surface area (Å²) in [7, 11) is 0. The number of nitrogens with one attached hydrogen (secondary N) is 2. The molecule has 0 spiro atoms. The van der Waals surface area contributed by atoms with Crippen LogP contribution in [0.15, 0.2) is 48.5 Å². The molecular formula is C27H32N2O6. The van der Waals surface area contributed by atoms with Crippen molar-refractivity contribution in [1.82, 2.24) is 10.6 Å². The predicted molar refractivity (Wildman–Crippen MR) is 130 cm³/mol. The van der Waals surface area contributed by atoms with Crippen molar-refractivity contribution >= 4 is 18.0 Å². The number of hydrogen-bond donors (Lipinski definition) is 3. The Hall–Kier alpha value is -3.39. The lowest BCUT2D eigenvalue weighted by molar-refractivity contribution is -0.149. The van der Waals surface area contributed by atoms with E-state index in [2.05, 4.69) is 34.9 Å². The highest BCUT2D eigenvalue weighted by molar-refractivity contribution is 5.81. The fourth-order valence-corrected chi connectivity index (χ4v) is 4.78. The first-order valence-corrected chi connectivity index (χ1v) is 12.0. The molecule has 2 aliphatic rings. The van der Waals surface area contributed by atoms with Gasteiger partial charge in [0.25, 0.3) is 0 Å². The number of fused-ring (bicyclic) bond motifs is 3. The van der Waals surface area contributed by atoms with Gasteiger partial charge >= 0.3 is 12.1 Å². The van der Waals surface area contributed by atoms with Gasteiger partial charge in [0.1, 0.15) is 12.0 Å². The van der Waals surface area contributed by atoms with E-state index in [4.69, 9.17) is 9.47 Å². The Balaban J connectivity index is 1.19. The quantitative estimate of drug-likeness (QED) is 0.473. The van der Waals surface area contributed by atoms with Crippen molar-refractivity contribution in [3.8, 4) is 11.1 Å². The first-order valence-electron chi connectivity index (χ1n) is 12.0. The molecule has 1 aliphatic heterocycles. The Labute approximate surface area is 205 Å². The third-order valence-corrected chi connectivity index (χ3v) is 7.14. The molecule has 0 saturated carbocycles. The molecule has 3 N–H and O–H groups in total. The van der Waals surface area contributed by atoms with E-state index >= 15 is 0 Å². The zero-order valence-electron chi connectivity index (χ0n) is 20.1. The Morgan fingerprint density at radius 2 is 1.74 bits per heavy atom. The van der Waals surface area contributed by atoms with Crippen LogP contribution in [0.25, 0.3) is 11.1 Å². The number of carboxylic acid groups (broad SMARTS) is 1. The summed E-state index contributed by atoms with van der Waals surface area (Å²) in [6.45, 7) is 4.27. The summed E-state index contributed by atoms with van der Waals surface area (Å²) in [5.74, 6) is -1.51. The first-order chi connectivity index (χ1) is 16.8. The second-order valence-electron chi connectivity index (χ2n) is 9.59. The van der Waals surface area contributed by atoms with Crippen LogP contribution in [0.5, 0.6) is 0 Å². The fraction of sp³-hybridized carbons (Fsp3) is 0.444. The minimum absolute atomic E-state index is 0.00734. The van der Waals surface area contributed by atoms with Gasteiger partial charge in [0.05, 0.1) is 19.3 Å². The molecule has 186 valence electrons. The highest BCUT2D eigenvalue weighted by Gasteiger charge is 2.47. The van der Waals surface area contributed by atoms with Crippen molar-refractivity contribution in [2.45, 2.75) is 38.6 Å². The number of carbonyl (C=O) groups is 3. The summed E-state index contributed by atoms with van der Waals surface area (Å²) < 4.78 is 10.8. The zero-order valence-corrected chi connectivity index (χ0v) is 20.1. The molecule has 3 atom stereocenters. The molecule has 1 heterocycles. The van der Waals surface area contributed by atoms with E-state index in [0.29, 0.717) is 19.4 Å². The van der Waals surface area contributed by atoms with E-state index in [1.807, 2.05) is 24.3 Å². The predicted octanol–water partition coefficient (Wildman–Crippen LogP) is 3.55. The van der Waals surface area contributed by atoms with Crippen LogP contribution in [-0.2, 0) is 19.1 Å². The van der Waals surface area contributed by atoms with Crippen molar-refractivity contribution in [2.75, 3.05) is 26.4 Å². The molecule has 3 unspecified atom stereocenters. The average molecular weight is 481 g/mol. The van der Waals surface area contributed by atoms with E-state index in [1.165, 1.54) is 11.1 Å². The zero-order chi connectivity index (χ0) is 25.0. The first kappa shape index (κ1) is 24.7. The summed E-state index contributed by atoms with van der Waals surface area (Å²) in [5.41, 5.74) is 3.55. The van der Waals surface area contributed by atoms with Crippen LogP contribution in [0.2, 0.25) is 0 Å². The van der Waals surface area contributed by atoms with Crippen LogP contribution in [0, 0.1) is 11.3 Å². The van der Waals surface area contributed by atoms with E-state index in [1.54, 1.807) is 13.8 Å². The molecule has 1 fully saturated rings. The van der Waals surface area contributed by atoms with Gasteiger partial charge in [-0.1, -0.05) is 55.5 Å². The summed E-state index contributed by atoms with van der Waals surface area (Å²) in [6.07, 6.45) is 0.660. The smallest absolute Gasteiger partial charge is 0.407 e. The summed E-state index contributed by atoms with van der Waals surface area (Å²) in [4.78, 5) is 36.3. The molecule has 35 heavy (non-hydrogen) atoms. The number of amides is 2. The minimum Gasteiger partial charge on any atom is -0.481 e. The van der Waals surface area contributed by atoms with Crippen molar-refractivity contribution in [1.29, 1.82) is 0 Å². The molecular weight excluding hydrogens is 448 g/mol. The topological polar surface area (TPSA) is 114 Å². The van der Waals surface area contributed by atoms with Crippen LogP contribution in [0.1, 0.15) is 43.7 Å². The van der Waals surface area contributed by atoms with E-state index < -0.39 is 23.5 Å². The molecule has 8 nitrogen and oxygen atoms in total. The van der Waals surface area contributed by atoms with Crippen molar-refractivity contribution in [2.24, 2.45) is 11.3 Å². The molecule has 1 saturated heterocycles. The number of ether oxygens (including phenoxy) is 2. The Morgan fingerprint density at radius 1 is 1.11 bits per heavy atom. The highest BCUT2D eigenvalue weighted by atomic mass is 16.5. The van der Waals surface area contributed by atoms with Gasteiger partial charge in [0.2, 0.25) is 5.91 Å². The van der Waals surface area contributed by atoms with Crippen molar-refractivity contribution < 1.29 is 29.0 Å². The SMILES string of the molecule is CC(CCCNC(=O)OCC1c2ccccc2-c2ccccc21)C(=O)NC1COCC1(C)C(=O)O. The van der Waals surface area contributed by atoms with Crippen LogP contribution in [-0.4, -0.2) is 55.5 Å². The van der Waals surface area contributed by atoms with Crippen molar-refractivity contribution in [3.63, 3.8) is 0 Å². The number of aliphatic carboxylic acids is 1. The Morgan fingerprint density at radius 3 is 2.37 bits per heavy atom. The van der Waals surface area contributed by atoms with E-state index in [-0.39, 0.29) is 37.6 Å². The number of hydrogen-bond acceptors (Lipinski definition) is 5. The minimum atomic E-state index is -1.12. The lowest BCUT2D eigenvalue weighted by atomic mass is 9.85. The number of rotatable bonds is 9. The molecule has 0 bridgehead atoms. The number of alkyl carbamates (subject to hydrolysis) is 1. The molecule has 8 heteroatoms. The molecule has 1 aliphatic carbocycles. The molecule has 0 aromatic heterocycles. The molecule has 4 rings (SSSR count). The summed E-state index contributed by atoms with van der Waals surface area (Å²) >= 11 is 0. The lowest BCUT2D eigenvalue weighted by Crippen LogP contribution is -2.50. The second kappa shape index (κ2) is 10.5. The van der Waals surface area contributed by atoms with Crippen molar-refractivity contribution in [3.05, 3.63) is 59.7 Å². The van der Waals surface area contributed by atoms with Gasteiger partial charge in [-0.2, -0.15) is 0 Å². The fourth-order valence-electron chi connectivity index (χ4n) is 4.78. The maximum absolute atomic E-state index is 12.5. The largest absolute Gasteiger partial charge is 0.481 e. The number of benzene rings is 2. The van der Waals surface area contributed by atoms with Gasteiger partial charge in [-0.15, -0.1) is 0 Å². The number of carbonyl (C=O) groups excluding carboxylic acids is 2. The van der Waals surface area contributed by atoms with Gasteiger partial charge in [-0.05, 0) is 42.0 Å². The van der Waals surface area contributed by atoms with Gasteiger partial charge in [-0.3, -0.25) is 9.59 Å². The molecule has 2 amide bonds. The number of carboxylic acids is 1.